The summed E-state index contributed by atoms with van der Waals surface area (Å²) in [4.78, 5) is 0. The van der Waals surface area contributed by atoms with Crippen LogP contribution in [0.25, 0.3) is 0 Å². The quantitative estimate of drug-likeness (QED) is 0.611. The molecule has 2 rings (SSSR count). The van der Waals surface area contributed by atoms with E-state index in [1.807, 2.05) is 36.4 Å². The van der Waals surface area contributed by atoms with Crippen molar-refractivity contribution in [2.45, 2.75) is 38.8 Å². The van der Waals surface area contributed by atoms with Crippen molar-refractivity contribution in [2.75, 3.05) is 0 Å². The van der Waals surface area contributed by atoms with Gasteiger partial charge in [0.2, 0.25) is 0 Å². The molecule has 25 heavy (non-hydrogen) atoms. The van der Waals surface area contributed by atoms with Gasteiger partial charge >= 0.3 is 10.4 Å². The number of rotatable bonds is 4. The Hall–Kier alpha value is -1.77. The van der Waals surface area contributed by atoms with Gasteiger partial charge in [0, 0.05) is 12.1 Å². The standard InChI is InChI=1S/2C9H13N.H2O4S/c2*1-2-9(10)8-6-4-3-5-7-8;1-5(2,3)4/h2*3-7,9H,2,10H2,1H3;(H2,1,2,3,4). The van der Waals surface area contributed by atoms with Gasteiger partial charge in [0.1, 0.15) is 0 Å². The summed E-state index contributed by atoms with van der Waals surface area (Å²) in [6.45, 7) is 4.19. The van der Waals surface area contributed by atoms with E-state index in [-0.39, 0.29) is 12.1 Å². The molecule has 0 aliphatic rings. The first-order valence-electron chi connectivity index (χ1n) is 7.99. The maximum atomic E-state index is 8.74. The third-order valence-electron chi connectivity index (χ3n) is 3.34. The summed E-state index contributed by atoms with van der Waals surface area (Å²) < 4.78 is 31.6. The summed E-state index contributed by atoms with van der Waals surface area (Å²) in [5.41, 5.74) is 14.0. The molecule has 2 aromatic rings. The second kappa shape index (κ2) is 12.6. The molecule has 0 saturated carbocycles. The Morgan fingerprint density at radius 2 is 1.00 bits per heavy atom. The maximum Gasteiger partial charge on any atom is 0.394 e. The first kappa shape index (κ1) is 23.2. The molecular weight excluding hydrogens is 340 g/mol. The highest BCUT2D eigenvalue weighted by Gasteiger charge is 1.99. The van der Waals surface area contributed by atoms with E-state index in [1.165, 1.54) is 11.1 Å². The summed E-state index contributed by atoms with van der Waals surface area (Å²) in [7, 11) is -4.67. The van der Waals surface area contributed by atoms with Crippen molar-refractivity contribution < 1.29 is 17.5 Å². The third kappa shape index (κ3) is 13.2. The molecule has 2 aromatic carbocycles. The van der Waals surface area contributed by atoms with Gasteiger partial charge in [-0.25, -0.2) is 0 Å². The van der Waals surface area contributed by atoms with Gasteiger partial charge in [0.05, 0.1) is 0 Å². The molecule has 0 aromatic heterocycles. The van der Waals surface area contributed by atoms with Crippen molar-refractivity contribution >= 4 is 10.4 Å². The summed E-state index contributed by atoms with van der Waals surface area (Å²) in [5.74, 6) is 0. The molecule has 0 amide bonds. The zero-order valence-electron chi connectivity index (χ0n) is 14.6. The molecule has 0 fully saturated rings. The molecule has 140 valence electrons. The first-order valence-corrected chi connectivity index (χ1v) is 9.39. The smallest absolute Gasteiger partial charge is 0.324 e. The van der Waals surface area contributed by atoms with Crippen LogP contribution in [-0.4, -0.2) is 17.5 Å². The number of hydrogen-bond donors (Lipinski definition) is 4. The lowest BCUT2D eigenvalue weighted by Crippen LogP contribution is -2.07. The molecule has 0 radical (unpaired) electrons. The Kier molecular flexibility index (Phi) is 11.7. The van der Waals surface area contributed by atoms with Crippen LogP contribution in [0, 0.1) is 0 Å². The lowest BCUT2D eigenvalue weighted by Gasteiger charge is -2.07. The van der Waals surface area contributed by atoms with Crippen molar-refractivity contribution in [1.82, 2.24) is 0 Å². The molecule has 0 spiro atoms. The molecule has 6 nitrogen and oxygen atoms in total. The Balaban J connectivity index is 0.000000368. The fraction of sp³-hybridized carbons (Fsp3) is 0.333. The average Bonchev–Trinajstić information content (AvgIpc) is 2.61. The monoisotopic (exact) mass is 368 g/mol. The van der Waals surface area contributed by atoms with Crippen LogP contribution in [0.2, 0.25) is 0 Å². The van der Waals surface area contributed by atoms with Crippen LogP contribution in [0.15, 0.2) is 60.7 Å². The van der Waals surface area contributed by atoms with Crippen LogP contribution in [0.4, 0.5) is 0 Å². The highest BCUT2D eigenvalue weighted by atomic mass is 32.3. The highest BCUT2D eigenvalue weighted by Crippen LogP contribution is 2.12. The molecule has 0 saturated heterocycles. The average molecular weight is 368 g/mol. The van der Waals surface area contributed by atoms with E-state index in [0.29, 0.717) is 0 Å². The van der Waals surface area contributed by atoms with Gasteiger partial charge in [-0.1, -0.05) is 74.5 Å². The van der Waals surface area contributed by atoms with Gasteiger partial charge in [0.25, 0.3) is 0 Å². The zero-order chi connectivity index (χ0) is 19.3. The van der Waals surface area contributed by atoms with E-state index in [4.69, 9.17) is 29.0 Å². The summed E-state index contributed by atoms with van der Waals surface area (Å²) in [6.07, 6.45) is 2.01. The van der Waals surface area contributed by atoms with Crippen LogP contribution in [0.1, 0.15) is 49.9 Å². The minimum atomic E-state index is -4.67. The van der Waals surface area contributed by atoms with Crippen molar-refractivity contribution in [2.24, 2.45) is 11.5 Å². The van der Waals surface area contributed by atoms with Crippen LogP contribution >= 0.6 is 0 Å². The first-order chi connectivity index (χ1) is 11.7. The van der Waals surface area contributed by atoms with E-state index >= 15 is 0 Å². The molecule has 0 aliphatic carbocycles. The topological polar surface area (TPSA) is 127 Å². The van der Waals surface area contributed by atoms with Crippen LogP contribution in [-0.2, 0) is 10.4 Å². The summed E-state index contributed by atoms with van der Waals surface area (Å²) in [6, 6.07) is 20.8. The minimum absolute atomic E-state index is 0.209. The van der Waals surface area contributed by atoms with Crippen LogP contribution in [0.5, 0.6) is 0 Å². The second-order valence-electron chi connectivity index (χ2n) is 5.30. The Bertz CT molecular complexity index is 610. The van der Waals surface area contributed by atoms with Gasteiger partial charge in [-0.05, 0) is 24.0 Å². The second-order valence-corrected chi connectivity index (χ2v) is 6.19. The van der Waals surface area contributed by atoms with Gasteiger partial charge in [0.15, 0.2) is 0 Å². The number of nitrogens with two attached hydrogens (primary N) is 2. The summed E-state index contributed by atoms with van der Waals surface area (Å²) >= 11 is 0. The Morgan fingerprint density at radius 1 is 0.760 bits per heavy atom. The fourth-order valence-corrected chi connectivity index (χ4v) is 1.87. The van der Waals surface area contributed by atoms with Gasteiger partial charge in [-0.3, -0.25) is 9.11 Å². The highest BCUT2D eigenvalue weighted by molar-refractivity contribution is 7.79. The maximum absolute atomic E-state index is 8.74. The van der Waals surface area contributed by atoms with E-state index < -0.39 is 10.4 Å². The zero-order valence-corrected chi connectivity index (χ0v) is 15.4. The lowest BCUT2D eigenvalue weighted by molar-refractivity contribution is 0.381. The van der Waals surface area contributed by atoms with Crippen molar-refractivity contribution in [3.63, 3.8) is 0 Å². The summed E-state index contributed by atoms with van der Waals surface area (Å²) in [5, 5.41) is 0. The molecule has 2 atom stereocenters. The lowest BCUT2D eigenvalue weighted by atomic mass is 10.1. The number of benzene rings is 2. The molecule has 0 aliphatic heterocycles. The van der Waals surface area contributed by atoms with Crippen molar-refractivity contribution in [3.8, 4) is 0 Å². The van der Waals surface area contributed by atoms with E-state index in [9.17, 15) is 0 Å². The molecule has 6 N–H and O–H groups in total. The van der Waals surface area contributed by atoms with Crippen LogP contribution < -0.4 is 11.5 Å². The SMILES string of the molecule is CCC(N)c1ccccc1.CCC(N)c1ccccc1.O=S(=O)(O)O. The number of hydrogen-bond acceptors (Lipinski definition) is 4. The van der Waals surface area contributed by atoms with E-state index in [1.54, 1.807) is 0 Å². The molecule has 0 heterocycles. The molecule has 7 heteroatoms. The largest absolute Gasteiger partial charge is 0.394 e. The van der Waals surface area contributed by atoms with Crippen LogP contribution in [0.3, 0.4) is 0 Å². The third-order valence-corrected chi connectivity index (χ3v) is 3.34. The van der Waals surface area contributed by atoms with Crippen molar-refractivity contribution in [1.29, 1.82) is 0 Å². The fourth-order valence-electron chi connectivity index (χ4n) is 1.87. The van der Waals surface area contributed by atoms with Gasteiger partial charge in [-0.15, -0.1) is 0 Å². The van der Waals surface area contributed by atoms with Gasteiger partial charge in [-0.2, -0.15) is 8.42 Å². The van der Waals surface area contributed by atoms with Gasteiger partial charge < -0.3 is 11.5 Å². The molecule has 0 bridgehead atoms. The predicted molar refractivity (Wildman–Crippen MR) is 102 cm³/mol. The molecular formula is C18H28N2O4S. The van der Waals surface area contributed by atoms with E-state index in [0.717, 1.165) is 12.8 Å². The normalized spacial score (nSPS) is 12.7. The minimum Gasteiger partial charge on any atom is -0.324 e. The van der Waals surface area contributed by atoms with E-state index in [2.05, 4.69) is 38.1 Å². The predicted octanol–water partition coefficient (Wildman–Crippen LogP) is 3.54. The molecule has 2 unspecified atom stereocenters. The Labute approximate surface area is 150 Å². The Morgan fingerprint density at radius 3 is 1.20 bits per heavy atom. The van der Waals surface area contributed by atoms with Crippen molar-refractivity contribution in [3.05, 3.63) is 71.8 Å².